The highest BCUT2D eigenvalue weighted by Crippen LogP contribution is 2.32. The molecule has 1 aliphatic heterocycles. The number of rotatable bonds is 3. The molecule has 25 heavy (non-hydrogen) atoms. The SMILES string of the molecule is CC(c1ccccc1)n1nc(-c2cc(F)cc(F)c2)c2c1CCNC2. The van der Waals surface area contributed by atoms with Gasteiger partial charge in [0.05, 0.1) is 11.7 Å². The molecule has 5 heteroatoms. The minimum Gasteiger partial charge on any atom is -0.312 e. The van der Waals surface area contributed by atoms with E-state index in [1.165, 1.54) is 12.1 Å². The summed E-state index contributed by atoms with van der Waals surface area (Å²) in [6, 6.07) is 13.8. The van der Waals surface area contributed by atoms with Crippen LogP contribution >= 0.6 is 0 Å². The molecular weight excluding hydrogens is 320 g/mol. The topological polar surface area (TPSA) is 29.9 Å². The molecule has 0 fully saturated rings. The van der Waals surface area contributed by atoms with Gasteiger partial charge in [0, 0.05) is 42.4 Å². The van der Waals surface area contributed by atoms with Crippen molar-refractivity contribution < 1.29 is 8.78 Å². The summed E-state index contributed by atoms with van der Waals surface area (Å²) >= 11 is 0. The molecule has 0 bridgehead atoms. The third-order valence-electron chi connectivity index (χ3n) is 4.74. The van der Waals surface area contributed by atoms with Crippen molar-refractivity contribution in [1.29, 1.82) is 0 Å². The van der Waals surface area contributed by atoms with Gasteiger partial charge in [-0.3, -0.25) is 4.68 Å². The molecule has 2 aromatic carbocycles. The second-order valence-corrected chi connectivity index (χ2v) is 6.39. The quantitative estimate of drug-likeness (QED) is 0.779. The third-order valence-corrected chi connectivity index (χ3v) is 4.74. The summed E-state index contributed by atoms with van der Waals surface area (Å²) in [5.74, 6) is -1.17. The van der Waals surface area contributed by atoms with Crippen molar-refractivity contribution in [2.45, 2.75) is 25.9 Å². The van der Waals surface area contributed by atoms with Crippen molar-refractivity contribution in [2.24, 2.45) is 0 Å². The van der Waals surface area contributed by atoms with Gasteiger partial charge in [0.1, 0.15) is 11.6 Å². The maximum Gasteiger partial charge on any atom is 0.126 e. The molecule has 1 aromatic heterocycles. The van der Waals surface area contributed by atoms with Crippen LogP contribution in [0.2, 0.25) is 0 Å². The van der Waals surface area contributed by atoms with Crippen LogP contribution in [0.25, 0.3) is 11.3 Å². The first kappa shape index (κ1) is 16.0. The molecule has 4 rings (SSSR count). The van der Waals surface area contributed by atoms with E-state index < -0.39 is 11.6 Å². The van der Waals surface area contributed by atoms with Crippen molar-refractivity contribution in [3.63, 3.8) is 0 Å². The van der Waals surface area contributed by atoms with Crippen molar-refractivity contribution in [3.8, 4) is 11.3 Å². The molecule has 0 saturated heterocycles. The lowest BCUT2D eigenvalue weighted by Crippen LogP contribution is -2.25. The zero-order valence-corrected chi connectivity index (χ0v) is 14.0. The second kappa shape index (κ2) is 6.41. The molecule has 0 saturated carbocycles. The first-order valence-corrected chi connectivity index (χ1v) is 8.46. The molecule has 0 spiro atoms. The highest BCUT2D eigenvalue weighted by Gasteiger charge is 2.25. The van der Waals surface area contributed by atoms with Crippen molar-refractivity contribution in [3.05, 3.63) is 77.0 Å². The Morgan fingerprint density at radius 1 is 1.08 bits per heavy atom. The smallest absolute Gasteiger partial charge is 0.126 e. The van der Waals surface area contributed by atoms with Crippen LogP contribution in [0, 0.1) is 11.6 Å². The van der Waals surface area contributed by atoms with Gasteiger partial charge in [-0.05, 0) is 24.6 Å². The monoisotopic (exact) mass is 339 g/mol. The lowest BCUT2D eigenvalue weighted by molar-refractivity contribution is 0.517. The fourth-order valence-corrected chi connectivity index (χ4v) is 3.49. The Morgan fingerprint density at radius 2 is 1.80 bits per heavy atom. The Hall–Kier alpha value is -2.53. The van der Waals surface area contributed by atoms with E-state index in [2.05, 4.69) is 24.4 Å². The van der Waals surface area contributed by atoms with Crippen molar-refractivity contribution >= 4 is 0 Å². The van der Waals surface area contributed by atoms with E-state index >= 15 is 0 Å². The van der Waals surface area contributed by atoms with E-state index in [0.717, 1.165) is 35.9 Å². The van der Waals surface area contributed by atoms with Gasteiger partial charge in [-0.15, -0.1) is 0 Å². The Bertz CT molecular complexity index is 883. The zero-order chi connectivity index (χ0) is 17.4. The molecule has 0 aliphatic carbocycles. The van der Waals surface area contributed by atoms with Gasteiger partial charge in [0.25, 0.3) is 0 Å². The van der Waals surface area contributed by atoms with Crippen LogP contribution in [0.5, 0.6) is 0 Å². The highest BCUT2D eigenvalue weighted by atomic mass is 19.1. The van der Waals surface area contributed by atoms with Gasteiger partial charge in [-0.2, -0.15) is 5.10 Å². The molecule has 0 radical (unpaired) electrons. The summed E-state index contributed by atoms with van der Waals surface area (Å²) < 4.78 is 29.4. The molecule has 0 amide bonds. The number of hydrogen-bond donors (Lipinski definition) is 1. The molecule has 3 aromatic rings. The zero-order valence-electron chi connectivity index (χ0n) is 14.0. The minimum atomic E-state index is -0.585. The molecule has 128 valence electrons. The van der Waals surface area contributed by atoms with Crippen LogP contribution in [0.15, 0.2) is 48.5 Å². The van der Waals surface area contributed by atoms with Crippen LogP contribution in [0.3, 0.4) is 0 Å². The minimum absolute atomic E-state index is 0.0557. The number of halogens is 2. The average molecular weight is 339 g/mol. The first-order chi connectivity index (χ1) is 12.1. The molecule has 1 N–H and O–H groups in total. The predicted molar refractivity (Wildman–Crippen MR) is 93.2 cm³/mol. The summed E-state index contributed by atoms with van der Waals surface area (Å²) in [6.45, 7) is 3.63. The first-order valence-electron chi connectivity index (χ1n) is 8.46. The van der Waals surface area contributed by atoms with E-state index in [0.29, 0.717) is 17.8 Å². The van der Waals surface area contributed by atoms with Gasteiger partial charge >= 0.3 is 0 Å². The fourth-order valence-electron chi connectivity index (χ4n) is 3.49. The number of nitrogens with zero attached hydrogens (tertiary/aromatic N) is 2. The number of aromatic nitrogens is 2. The molecule has 3 nitrogen and oxygen atoms in total. The Morgan fingerprint density at radius 3 is 2.52 bits per heavy atom. The van der Waals surface area contributed by atoms with E-state index in [1.807, 2.05) is 22.9 Å². The normalized spacial score (nSPS) is 15.0. The van der Waals surface area contributed by atoms with Gasteiger partial charge < -0.3 is 5.32 Å². The van der Waals surface area contributed by atoms with Crippen molar-refractivity contribution in [1.82, 2.24) is 15.1 Å². The Kier molecular flexibility index (Phi) is 4.09. The number of fused-ring (bicyclic) bond motifs is 1. The Balaban J connectivity index is 1.85. The average Bonchev–Trinajstić information content (AvgIpc) is 3.01. The summed E-state index contributed by atoms with van der Waals surface area (Å²) in [5.41, 5.74) is 4.46. The fraction of sp³-hybridized carbons (Fsp3) is 0.250. The number of benzene rings is 2. The molecule has 1 atom stereocenters. The van der Waals surface area contributed by atoms with Crippen molar-refractivity contribution in [2.75, 3.05) is 6.54 Å². The molecule has 1 aliphatic rings. The summed E-state index contributed by atoms with van der Waals surface area (Å²) in [7, 11) is 0. The number of hydrogen-bond acceptors (Lipinski definition) is 2. The van der Waals surface area contributed by atoms with Crippen LogP contribution in [0.4, 0.5) is 8.78 Å². The van der Waals surface area contributed by atoms with Gasteiger partial charge in [-0.1, -0.05) is 30.3 Å². The van der Waals surface area contributed by atoms with E-state index in [4.69, 9.17) is 5.10 Å². The van der Waals surface area contributed by atoms with Gasteiger partial charge in [0.15, 0.2) is 0 Å². The number of nitrogens with one attached hydrogen (secondary N) is 1. The lowest BCUT2D eigenvalue weighted by Gasteiger charge is -2.20. The summed E-state index contributed by atoms with van der Waals surface area (Å²) in [5, 5.41) is 8.10. The molecular formula is C20H19F2N3. The van der Waals surface area contributed by atoms with Gasteiger partial charge in [0.2, 0.25) is 0 Å². The predicted octanol–water partition coefficient (Wildman–Crippen LogP) is 4.08. The maximum atomic E-state index is 13.7. The van der Waals surface area contributed by atoms with E-state index in [9.17, 15) is 8.78 Å². The van der Waals surface area contributed by atoms with E-state index in [1.54, 1.807) is 0 Å². The van der Waals surface area contributed by atoms with Crippen LogP contribution < -0.4 is 5.32 Å². The van der Waals surface area contributed by atoms with E-state index in [-0.39, 0.29) is 6.04 Å². The molecule has 2 heterocycles. The standard InChI is InChI=1S/C20H19F2N3/c1-13(14-5-3-2-4-6-14)25-19-7-8-23-12-18(19)20(24-25)15-9-16(21)11-17(22)10-15/h2-6,9-11,13,23H,7-8,12H2,1H3. The van der Waals surface area contributed by atoms with Crippen LogP contribution in [0.1, 0.15) is 29.8 Å². The largest absolute Gasteiger partial charge is 0.312 e. The maximum absolute atomic E-state index is 13.7. The highest BCUT2D eigenvalue weighted by molar-refractivity contribution is 5.65. The lowest BCUT2D eigenvalue weighted by atomic mass is 10.0. The second-order valence-electron chi connectivity index (χ2n) is 6.39. The van der Waals surface area contributed by atoms with Gasteiger partial charge in [-0.25, -0.2) is 8.78 Å². The summed E-state index contributed by atoms with van der Waals surface area (Å²) in [4.78, 5) is 0. The third kappa shape index (κ3) is 2.96. The Labute approximate surface area is 145 Å². The summed E-state index contributed by atoms with van der Waals surface area (Å²) in [6.07, 6.45) is 0.845. The van der Waals surface area contributed by atoms with Crippen LogP contribution in [-0.2, 0) is 13.0 Å². The van der Waals surface area contributed by atoms with Crippen LogP contribution in [-0.4, -0.2) is 16.3 Å². The molecule has 1 unspecified atom stereocenters.